The topological polar surface area (TPSA) is 66.4 Å². The first kappa shape index (κ1) is 15.8. The number of benzene rings is 2. The summed E-state index contributed by atoms with van der Waals surface area (Å²) in [5.74, 6) is -1.49. The van der Waals surface area contributed by atoms with Gasteiger partial charge in [-0.1, -0.05) is 23.7 Å². The smallest absolute Gasteiger partial charge is 0.337 e. The SMILES string of the molecule is Cc1cccc(C(=O)Nc2cc(Cl)ccc2C(=O)O)c1I. The summed E-state index contributed by atoms with van der Waals surface area (Å²) in [4.78, 5) is 23.5. The number of nitrogens with one attached hydrogen (secondary N) is 1. The largest absolute Gasteiger partial charge is 0.478 e. The standard InChI is InChI=1S/C15H11ClINO3/c1-8-3-2-4-11(13(8)17)14(19)18-12-7-9(16)5-6-10(12)15(20)21/h2-7H,1H3,(H,18,19)(H,20,21). The number of rotatable bonds is 3. The lowest BCUT2D eigenvalue weighted by molar-refractivity contribution is 0.0698. The van der Waals surface area contributed by atoms with Gasteiger partial charge in [-0.2, -0.15) is 0 Å². The van der Waals surface area contributed by atoms with E-state index in [4.69, 9.17) is 16.7 Å². The molecule has 0 aliphatic heterocycles. The second-order valence-corrected chi connectivity index (χ2v) is 5.90. The molecule has 0 spiro atoms. The van der Waals surface area contributed by atoms with Gasteiger partial charge in [-0.15, -0.1) is 0 Å². The van der Waals surface area contributed by atoms with E-state index >= 15 is 0 Å². The summed E-state index contributed by atoms with van der Waals surface area (Å²) >= 11 is 7.95. The van der Waals surface area contributed by atoms with Crippen LogP contribution >= 0.6 is 34.2 Å². The lowest BCUT2D eigenvalue weighted by Gasteiger charge is -2.11. The van der Waals surface area contributed by atoms with Gasteiger partial charge in [0.15, 0.2) is 0 Å². The molecule has 0 atom stereocenters. The van der Waals surface area contributed by atoms with Crippen molar-refractivity contribution in [1.29, 1.82) is 0 Å². The summed E-state index contributed by atoms with van der Waals surface area (Å²) in [7, 11) is 0. The second kappa shape index (κ2) is 6.44. The van der Waals surface area contributed by atoms with Crippen LogP contribution in [0.25, 0.3) is 0 Å². The molecule has 0 saturated carbocycles. The van der Waals surface area contributed by atoms with Crippen molar-refractivity contribution in [2.45, 2.75) is 6.92 Å². The Bertz CT molecular complexity index is 731. The van der Waals surface area contributed by atoms with E-state index in [9.17, 15) is 9.59 Å². The van der Waals surface area contributed by atoms with Crippen LogP contribution in [0.1, 0.15) is 26.3 Å². The monoisotopic (exact) mass is 415 g/mol. The van der Waals surface area contributed by atoms with Gasteiger partial charge in [0, 0.05) is 8.59 Å². The third-order valence-corrected chi connectivity index (χ3v) is 4.56. The van der Waals surface area contributed by atoms with Crippen LogP contribution in [0.4, 0.5) is 5.69 Å². The zero-order valence-corrected chi connectivity index (χ0v) is 13.9. The van der Waals surface area contributed by atoms with E-state index < -0.39 is 5.97 Å². The van der Waals surface area contributed by atoms with Crippen molar-refractivity contribution >= 4 is 51.8 Å². The fraction of sp³-hybridized carbons (Fsp3) is 0.0667. The molecule has 2 aromatic rings. The zero-order valence-electron chi connectivity index (χ0n) is 11.0. The van der Waals surface area contributed by atoms with E-state index in [2.05, 4.69) is 27.9 Å². The molecule has 0 fully saturated rings. The molecule has 0 heterocycles. The van der Waals surface area contributed by atoms with Crippen LogP contribution in [0, 0.1) is 10.5 Å². The number of carboxylic acid groups (broad SMARTS) is 1. The number of aromatic carboxylic acids is 1. The highest BCUT2D eigenvalue weighted by Gasteiger charge is 2.16. The van der Waals surface area contributed by atoms with Gasteiger partial charge in [0.2, 0.25) is 0 Å². The van der Waals surface area contributed by atoms with Crippen molar-refractivity contribution in [3.8, 4) is 0 Å². The quantitative estimate of drug-likeness (QED) is 0.738. The van der Waals surface area contributed by atoms with Gasteiger partial charge in [-0.05, 0) is 59.3 Å². The van der Waals surface area contributed by atoms with Crippen LogP contribution in [0.3, 0.4) is 0 Å². The molecular weight excluding hydrogens is 405 g/mol. The Morgan fingerprint density at radius 3 is 2.57 bits per heavy atom. The lowest BCUT2D eigenvalue weighted by atomic mass is 10.1. The first-order valence-electron chi connectivity index (χ1n) is 5.99. The van der Waals surface area contributed by atoms with Gasteiger partial charge >= 0.3 is 5.97 Å². The number of carboxylic acids is 1. The summed E-state index contributed by atoms with van der Waals surface area (Å²) in [6.07, 6.45) is 0. The Morgan fingerprint density at radius 2 is 1.90 bits per heavy atom. The van der Waals surface area contributed by atoms with Crippen LogP contribution in [0.15, 0.2) is 36.4 Å². The molecule has 2 N–H and O–H groups in total. The molecule has 0 aromatic heterocycles. The maximum absolute atomic E-state index is 12.3. The number of carbonyl (C=O) groups excluding carboxylic acids is 1. The molecule has 21 heavy (non-hydrogen) atoms. The number of hydrogen-bond acceptors (Lipinski definition) is 2. The highest BCUT2D eigenvalue weighted by molar-refractivity contribution is 14.1. The molecule has 6 heteroatoms. The van der Waals surface area contributed by atoms with Gasteiger partial charge < -0.3 is 10.4 Å². The Kier molecular flexibility index (Phi) is 4.84. The van der Waals surface area contributed by atoms with E-state index in [0.29, 0.717) is 10.6 Å². The van der Waals surface area contributed by atoms with Gasteiger partial charge in [-0.25, -0.2) is 4.79 Å². The molecule has 108 valence electrons. The molecule has 4 nitrogen and oxygen atoms in total. The minimum Gasteiger partial charge on any atom is -0.478 e. The normalized spacial score (nSPS) is 10.2. The summed E-state index contributed by atoms with van der Waals surface area (Å²) < 4.78 is 0.825. The Hall–Kier alpha value is -1.60. The fourth-order valence-corrected chi connectivity index (χ4v) is 2.60. The molecule has 2 aromatic carbocycles. The van der Waals surface area contributed by atoms with Crippen molar-refractivity contribution < 1.29 is 14.7 Å². The Labute approximate surface area is 140 Å². The van der Waals surface area contributed by atoms with E-state index in [1.807, 2.05) is 13.0 Å². The number of halogens is 2. The maximum Gasteiger partial charge on any atom is 0.337 e. The number of carbonyl (C=O) groups is 2. The number of hydrogen-bond donors (Lipinski definition) is 2. The van der Waals surface area contributed by atoms with Crippen LogP contribution in [0.2, 0.25) is 5.02 Å². The van der Waals surface area contributed by atoms with Gasteiger partial charge in [0.1, 0.15) is 0 Å². The summed E-state index contributed by atoms with van der Waals surface area (Å²) in [6, 6.07) is 9.63. The number of amides is 1. The van der Waals surface area contributed by atoms with E-state index in [1.54, 1.807) is 12.1 Å². The van der Waals surface area contributed by atoms with E-state index in [-0.39, 0.29) is 17.2 Å². The molecule has 0 aliphatic rings. The van der Waals surface area contributed by atoms with Crippen LogP contribution < -0.4 is 5.32 Å². The molecule has 0 bridgehead atoms. The fourth-order valence-electron chi connectivity index (χ4n) is 1.82. The predicted molar refractivity (Wildman–Crippen MR) is 90.3 cm³/mol. The summed E-state index contributed by atoms with van der Waals surface area (Å²) in [5, 5.41) is 12.1. The van der Waals surface area contributed by atoms with E-state index in [1.165, 1.54) is 18.2 Å². The first-order valence-corrected chi connectivity index (χ1v) is 7.45. The molecule has 0 radical (unpaired) electrons. The second-order valence-electron chi connectivity index (χ2n) is 4.39. The molecule has 0 aliphatic carbocycles. The highest BCUT2D eigenvalue weighted by Crippen LogP contribution is 2.23. The minimum absolute atomic E-state index is 0.00425. The first-order chi connectivity index (χ1) is 9.90. The lowest BCUT2D eigenvalue weighted by Crippen LogP contribution is -2.16. The van der Waals surface area contributed by atoms with Crippen molar-refractivity contribution in [2.75, 3.05) is 5.32 Å². The highest BCUT2D eigenvalue weighted by atomic mass is 127. The minimum atomic E-state index is -1.12. The average Bonchev–Trinajstić information content (AvgIpc) is 2.41. The van der Waals surface area contributed by atoms with Crippen molar-refractivity contribution in [3.63, 3.8) is 0 Å². The molecule has 2 rings (SSSR count). The maximum atomic E-state index is 12.3. The summed E-state index contributed by atoms with van der Waals surface area (Å²) in [5.41, 5.74) is 1.65. The third-order valence-electron chi connectivity index (χ3n) is 2.90. The molecule has 1 amide bonds. The van der Waals surface area contributed by atoms with Crippen molar-refractivity contribution in [1.82, 2.24) is 0 Å². The van der Waals surface area contributed by atoms with Crippen LogP contribution in [-0.2, 0) is 0 Å². The van der Waals surface area contributed by atoms with Gasteiger partial charge in [0.25, 0.3) is 5.91 Å². The van der Waals surface area contributed by atoms with Crippen molar-refractivity contribution in [2.24, 2.45) is 0 Å². The zero-order chi connectivity index (χ0) is 15.6. The average molecular weight is 416 g/mol. The Balaban J connectivity index is 2.38. The number of aryl methyl sites for hydroxylation is 1. The van der Waals surface area contributed by atoms with Gasteiger partial charge in [-0.3, -0.25) is 4.79 Å². The third kappa shape index (κ3) is 3.54. The van der Waals surface area contributed by atoms with Crippen molar-refractivity contribution in [3.05, 3.63) is 61.7 Å². The van der Waals surface area contributed by atoms with Crippen LogP contribution in [0.5, 0.6) is 0 Å². The van der Waals surface area contributed by atoms with Gasteiger partial charge in [0.05, 0.1) is 16.8 Å². The predicted octanol–water partition coefficient (Wildman–Crippen LogP) is 4.20. The molecule has 0 unspecified atom stereocenters. The van der Waals surface area contributed by atoms with E-state index in [0.717, 1.165) is 9.13 Å². The van der Waals surface area contributed by atoms with Crippen LogP contribution in [-0.4, -0.2) is 17.0 Å². The molecular formula is C15H11ClINO3. The number of anilines is 1. The Morgan fingerprint density at radius 1 is 1.19 bits per heavy atom. The summed E-state index contributed by atoms with van der Waals surface area (Å²) in [6.45, 7) is 1.90. The molecule has 0 saturated heterocycles.